The molecule has 1 aliphatic rings. The van der Waals surface area contributed by atoms with Crippen LogP contribution in [0.2, 0.25) is 5.15 Å². The SMILES string of the molecule is CN1CCCC1COc1cnc(Cl)c(/C=C/c2cccnc2)c1. The predicted molar refractivity (Wildman–Crippen MR) is 93.6 cm³/mol. The fourth-order valence-corrected chi connectivity index (χ4v) is 2.85. The summed E-state index contributed by atoms with van der Waals surface area (Å²) in [5.74, 6) is 0.750. The molecule has 1 aliphatic heterocycles. The Bertz CT molecular complexity index is 675. The Balaban J connectivity index is 1.67. The third kappa shape index (κ3) is 4.30. The first-order valence-electron chi connectivity index (χ1n) is 7.79. The van der Waals surface area contributed by atoms with Crippen molar-refractivity contribution < 1.29 is 4.74 Å². The summed E-state index contributed by atoms with van der Waals surface area (Å²) in [4.78, 5) is 10.6. The van der Waals surface area contributed by atoms with Gasteiger partial charge in [-0.25, -0.2) is 4.98 Å². The van der Waals surface area contributed by atoms with Crippen LogP contribution >= 0.6 is 11.6 Å². The van der Waals surface area contributed by atoms with Crippen LogP contribution in [-0.4, -0.2) is 41.1 Å². The number of nitrogens with zero attached hydrogens (tertiary/aromatic N) is 3. The molecule has 0 aromatic carbocycles. The van der Waals surface area contributed by atoms with Gasteiger partial charge >= 0.3 is 0 Å². The van der Waals surface area contributed by atoms with Crippen LogP contribution in [0.5, 0.6) is 5.75 Å². The van der Waals surface area contributed by atoms with Crippen molar-refractivity contribution in [1.82, 2.24) is 14.9 Å². The highest BCUT2D eigenvalue weighted by atomic mass is 35.5. The smallest absolute Gasteiger partial charge is 0.138 e. The Hall–Kier alpha value is -1.91. The molecular formula is C18H20ClN3O. The Morgan fingerprint density at radius 3 is 3.04 bits per heavy atom. The number of rotatable bonds is 5. The van der Waals surface area contributed by atoms with Crippen molar-refractivity contribution in [2.45, 2.75) is 18.9 Å². The van der Waals surface area contributed by atoms with Gasteiger partial charge in [-0.2, -0.15) is 0 Å². The van der Waals surface area contributed by atoms with Crippen LogP contribution in [0.3, 0.4) is 0 Å². The van der Waals surface area contributed by atoms with Gasteiger partial charge in [-0.15, -0.1) is 0 Å². The molecule has 3 heterocycles. The van der Waals surface area contributed by atoms with Crippen molar-refractivity contribution >= 4 is 23.8 Å². The van der Waals surface area contributed by atoms with E-state index < -0.39 is 0 Å². The van der Waals surface area contributed by atoms with Crippen LogP contribution in [0.15, 0.2) is 36.8 Å². The van der Waals surface area contributed by atoms with E-state index in [0.717, 1.165) is 23.4 Å². The first kappa shape index (κ1) is 16.0. The predicted octanol–water partition coefficient (Wildman–Crippen LogP) is 3.77. The largest absolute Gasteiger partial charge is 0.490 e. The molecule has 2 aromatic heterocycles. The number of likely N-dealkylation sites (N-methyl/N-ethyl adjacent to an activating group) is 1. The summed E-state index contributed by atoms with van der Waals surface area (Å²) in [6.07, 6.45) is 11.5. The van der Waals surface area contributed by atoms with Gasteiger partial charge < -0.3 is 9.64 Å². The molecular weight excluding hydrogens is 310 g/mol. The Morgan fingerprint density at radius 1 is 1.39 bits per heavy atom. The molecule has 0 bridgehead atoms. The number of ether oxygens (including phenoxy) is 1. The Kier molecular flexibility index (Phi) is 5.26. The molecule has 0 spiro atoms. The highest BCUT2D eigenvalue weighted by Crippen LogP contribution is 2.23. The normalized spacial score (nSPS) is 18.6. The van der Waals surface area contributed by atoms with Gasteiger partial charge in [-0.3, -0.25) is 4.98 Å². The molecule has 23 heavy (non-hydrogen) atoms. The van der Waals surface area contributed by atoms with Crippen LogP contribution < -0.4 is 4.74 Å². The minimum Gasteiger partial charge on any atom is -0.490 e. The molecule has 0 amide bonds. The summed E-state index contributed by atoms with van der Waals surface area (Å²) < 4.78 is 5.90. The minimum atomic E-state index is 0.468. The fraction of sp³-hybridized carbons (Fsp3) is 0.333. The van der Waals surface area contributed by atoms with Crippen molar-refractivity contribution in [3.63, 3.8) is 0 Å². The van der Waals surface area contributed by atoms with Crippen LogP contribution in [0, 0.1) is 0 Å². The van der Waals surface area contributed by atoms with Gasteiger partial charge in [0.05, 0.1) is 6.20 Å². The van der Waals surface area contributed by atoms with E-state index in [-0.39, 0.29) is 0 Å². The van der Waals surface area contributed by atoms with Gasteiger partial charge in [0.15, 0.2) is 0 Å². The lowest BCUT2D eigenvalue weighted by molar-refractivity contribution is 0.198. The summed E-state index contributed by atoms with van der Waals surface area (Å²) in [6.45, 7) is 1.83. The number of halogens is 1. The molecule has 1 atom stereocenters. The summed E-state index contributed by atoms with van der Waals surface area (Å²) >= 11 is 6.17. The number of likely N-dealkylation sites (tertiary alicyclic amines) is 1. The van der Waals surface area contributed by atoms with Gasteiger partial charge in [-0.05, 0) is 44.1 Å². The standard InChI is InChI=1S/C18H20ClN3O/c1-22-9-3-5-16(22)13-23-17-10-15(18(19)21-12-17)7-6-14-4-2-8-20-11-14/h2,4,6-8,10-12,16H,3,5,9,13H2,1H3/b7-6+. The second-order valence-electron chi connectivity index (χ2n) is 5.76. The van der Waals surface area contributed by atoms with E-state index >= 15 is 0 Å². The van der Waals surface area contributed by atoms with Gasteiger partial charge in [0.2, 0.25) is 0 Å². The topological polar surface area (TPSA) is 38.2 Å². The molecule has 0 radical (unpaired) electrons. The number of pyridine rings is 2. The number of hydrogen-bond donors (Lipinski definition) is 0. The highest BCUT2D eigenvalue weighted by molar-refractivity contribution is 6.31. The van der Waals surface area contributed by atoms with E-state index in [0.29, 0.717) is 17.8 Å². The molecule has 2 aromatic rings. The monoisotopic (exact) mass is 329 g/mol. The number of aromatic nitrogens is 2. The maximum Gasteiger partial charge on any atom is 0.138 e. The average Bonchev–Trinajstić information content (AvgIpc) is 2.99. The van der Waals surface area contributed by atoms with E-state index in [4.69, 9.17) is 16.3 Å². The zero-order chi connectivity index (χ0) is 16.1. The molecule has 0 N–H and O–H groups in total. The molecule has 5 heteroatoms. The van der Waals surface area contributed by atoms with Crippen molar-refractivity contribution in [2.75, 3.05) is 20.2 Å². The lowest BCUT2D eigenvalue weighted by Crippen LogP contribution is -2.30. The second kappa shape index (κ2) is 7.57. The van der Waals surface area contributed by atoms with E-state index in [1.54, 1.807) is 18.6 Å². The molecule has 1 fully saturated rings. The van der Waals surface area contributed by atoms with Crippen LogP contribution in [-0.2, 0) is 0 Å². The van der Waals surface area contributed by atoms with Crippen molar-refractivity contribution in [3.05, 3.63) is 53.1 Å². The molecule has 1 saturated heterocycles. The van der Waals surface area contributed by atoms with Crippen LogP contribution in [0.1, 0.15) is 24.0 Å². The van der Waals surface area contributed by atoms with E-state index in [1.165, 1.54) is 12.8 Å². The fourth-order valence-electron chi connectivity index (χ4n) is 2.68. The molecule has 1 unspecified atom stereocenters. The molecule has 120 valence electrons. The minimum absolute atomic E-state index is 0.468. The summed E-state index contributed by atoms with van der Waals surface area (Å²) in [5.41, 5.74) is 1.86. The Morgan fingerprint density at radius 2 is 2.30 bits per heavy atom. The van der Waals surface area contributed by atoms with Gasteiger partial charge in [0, 0.05) is 24.0 Å². The first-order valence-corrected chi connectivity index (χ1v) is 8.17. The third-order valence-electron chi connectivity index (χ3n) is 4.09. The zero-order valence-electron chi connectivity index (χ0n) is 13.2. The van der Waals surface area contributed by atoms with Crippen molar-refractivity contribution in [2.24, 2.45) is 0 Å². The maximum atomic E-state index is 6.17. The molecule has 3 rings (SSSR count). The van der Waals surface area contributed by atoms with E-state index in [1.807, 2.05) is 30.4 Å². The maximum absolute atomic E-state index is 6.17. The molecule has 0 aliphatic carbocycles. The quantitative estimate of drug-likeness (QED) is 0.783. The zero-order valence-corrected chi connectivity index (χ0v) is 13.9. The summed E-state index contributed by atoms with van der Waals surface area (Å²) in [6, 6.07) is 6.30. The summed E-state index contributed by atoms with van der Waals surface area (Å²) in [5, 5.41) is 0.468. The van der Waals surface area contributed by atoms with Crippen molar-refractivity contribution in [3.8, 4) is 5.75 Å². The molecule has 0 saturated carbocycles. The average molecular weight is 330 g/mol. The van der Waals surface area contributed by atoms with E-state index in [9.17, 15) is 0 Å². The van der Waals surface area contributed by atoms with Gasteiger partial charge in [-0.1, -0.05) is 29.8 Å². The Labute approximate surface area is 141 Å². The van der Waals surface area contributed by atoms with E-state index in [2.05, 4.69) is 21.9 Å². The van der Waals surface area contributed by atoms with Crippen LogP contribution in [0.25, 0.3) is 12.2 Å². The highest BCUT2D eigenvalue weighted by Gasteiger charge is 2.21. The molecule has 4 nitrogen and oxygen atoms in total. The lowest BCUT2D eigenvalue weighted by Gasteiger charge is -2.19. The van der Waals surface area contributed by atoms with Crippen LogP contribution in [0.4, 0.5) is 0 Å². The lowest BCUT2D eigenvalue weighted by atomic mass is 10.2. The van der Waals surface area contributed by atoms with Gasteiger partial charge in [0.1, 0.15) is 17.5 Å². The van der Waals surface area contributed by atoms with Crippen molar-refractivity contribution in [1.29, 1.82) is 0 Å². The second-order valence-corrected chi connectivity index (χ2v) is 6.12. The first-order chi connectivity index (χ1) is 11.2. The third-order valence-corrected chi connectivity index (χ3v) is 4.41. The van der Waals surface area contributed by atoms with Gasteiger partial charge in [0.25, 0.3) is 0 Å². The number of hydrogen-bond acceptors (Lipinski definition) is 4. The summed E-state index contributed by atoms with van der Waals surface area (Å²) in [7, 11) is 2.14.